The number of thioether (sulfide) groups is 1. The molecule has 0 aromatic carbocycles. The lowest BCUT2D eigenvalue weighted by molar-refractivity contribution is 0.885. The van der Waals surface area contributed by atoms with Crippen LogP contribution in [0.2, 0.25) is 0 Å². The van der Waals surface area contributed by atoms with Crippen molar-refractivity contribution >= 4 is 23.1 Å². The molecule has 0 aliphatic rings. The van der Waals surface area contributed by atoms with Crippen LogP contribution in [0.25, 0.3) is 0 Å². The monoisotopic (exact) mass is 215 g/mol. The number of nitrogens with zero attached hydrogens (tertiary/aromatic N) is 1. The maximum absolute atomic E-state index is 4.41. The molecule has 0 N–H and O–H groups in total. The molecule has 0 radical (unpaired) electrons. The first-order valence-corrected chi connectivity index (χ1v) is 6.52. The molecule has 0 spiro atoms. The van der Waals surface area contributed by atoms with Crippen LogP contribution in [-0.2, 0) is 5.75 Å². The summed E-state index contributed by atoms with van der Waals surface area (Å²) in [6, 6.07) is 0. The SMILES string of the molecule is CC(C)SCc1ncc(C(C)C)s1. The second-order valence-corrected chi connectivity index (χ2v) is 6.38. The van der Waals surface area contributed by atoms with Gasteiger partial charge in [-0.05, 0) is 11.2 Å². The van der Waals surface area contributed by atoms with Crippen molar-refractivity contribution in [1.82, 2.24) is 4.98 Å². The maximum Gasteiger partial charge on any atom is 0.103 e. The summed E-state index contributed by atoms with van der Waals surface area (Å²) in [5, 5.41) is 1.97. The zero-order valence-electron chi connectivity index (χ0n) is 8.70. The molecule has 0 bridgehead atoms. The van der Waals surface area contributed by atoms with E-state index in [0.717, 1.165) is 5.75 Å². The Bertz CT molecular complexity index is 253. The van der Waals surface area contributed by atoms with E-state index in [1.807, 2.05) is 29.3 Å². The van der Waals surface area contributed by atoms with Gasteiger partial charge in [0.1, 0.15) is 5.01 Å². The Kier molecular flexibility index (Phi) is 4.26. The van der Waals surface area contributed by atoms with Gasteiger partial charge in [0, 0.05) is 16.8 Å². The molecule has 0 amide bonds. The first-order chi connectivity index (χ1) is 6.09. The molecule has 1 aromatic rings. The first kappa shape index (κ1) is 11.1. The van der Waals surface area contributed by atoms with E-state index in [9.17, 15) is 0 Å². The van der Waals surface area contributed by atoms with Crippen LogP contribution in [0.15, 0.2) is 6.20 Å². The zero-order chi connectivity index (χ0) is 9.84. The van der Waals surface area contributed by atoms with Gasteiger partial charge < -0.3 is 0 Å². The minimum absolute atomic E-state index is 0.621. The number of hydrogen-bond donors (Lipinski definition) is 0. The first-order valence-electron chi connectivity index (χ1n) is 4.65. The molecule has 1 heterocycles. The number of rotatable bonds is 4. The number of hydrogen-bond acceptors (Lipinski definition) is 3. The van der Waals surface area contributed by atoms with Gasteiger partial charge in [-0.25, -0.2) is 4.98 Å². The third-order valence-electron chi connectivity index (χ3n) is 1.68. The molecular weight excluding hydrogens is 198 g/mol. The van der Waals surface area contributed by atoms with Gasteiger partial charge in [0.15, 0.2) is 0 Å². The third kappa shape index (κ3) is 3.69. The molecule has 3 heteroatoms. The lowest BCUT2D eigenvalue weighted by Crippen LogP contribution is -1.87. The van der Waals surface area contributed by atoms with Crippen LogP contribution >= 0.6 is 23.1 Å². The molecular formula is C10H17NS2. The molecule has 1 rings (SSSR count). The second kappa shape index (κ2) is 5.01. The molecule has 74 valence electrons. The number of aromatic nitrogens is 1. The Morgan fingerprint density at radius 1 is 1.38 bits per heavy atom. The molecule has 0 saturated carbocycles. The third-order valence-corrected chi connectivity index (χ3v) is 4.27. The lowest BCUT2D eigenvalue weighted by Gasteiger charge is -2.00. The van der Waals surface area contributed by atoms with E-state index in [4.69, 9.17) is 0 Å². The highest BCUT2D eigenvalue weighted by Crippen LogP contribution is 2.25. The van der Waals surface area contributed by atoms with Crippen molar-refractivity contribution in [3.05, 3.63) is 16.1 Å². The number of thiazole rings is 1. The summed E-state index contributed by atoms with van der Waals surface area (Å²) in [7, 11) is 0. The standard InChI is InChI=1S/C10H17NS2/c1-7(2)9-5-11-10(13-9)6-12-8(3)4/h5,7-8H,6H2,1-4H3. The van der Waals surface area contributed by atoms with E-state index >= 15 is 0 Å². The smallest absolute Gasteiger partial charge is 0.103 e. The Balaban J connectivity index is 2.49. The van der Waals surface area contributed by atoms with E-state index in [0.29, 0.717) is 11.2 Å². The highest BCUT2D eigenvalue weighted by atomic mass is 32.2. The Morgan fingerprint density at radius 2 is 2.08 bits per heavy atom. The van der Waals surface area contributed by atoms with Crippen molar-refractivity contribution < 1.29 is 0 Å². The molecule has 0 atom stereocenters. The highest BCUT2D eigenvalue weighted by Gasteiger charge is 2.05. The summed E-state index contributed by atoms with van der Waals surface area (Å²) in [5.41, 5.74) is 0. The molecule has 0 fully saturated rings. The van der Waals surface area contributed by atoms with Crippen LogP contribution < -0.4 is 0 Å². The molecule has 13 heavy (non-hydrogen) atoms. The predicted molar refractivity (Wildman–Crippen MR) is 62.6 cm³/mol. The molecule has 0 aliphatic heterocycles. The van der Waals surface area contributed by atoms with Crippen LogP contribution in [0.4, 0.5) is 0 Å². The minimum Gasteiger partial charge on any atom is -0.249 e. The van der Waals surface area contributed by atoms with Crippen molar-refractivity contribution in [2.45, 2.75) is 44.6 Å². The van der Waals surface area contributed by atoms with Gasteiger partial charge in [0.2, 0.25) is 0 Å². The topological polar surface area (TPSA) is 12.9 Å². The maximum atomic E-state index is 4.41. The van der Waals surface area contributed by atoms with Crippen molar-refractivity contribution in [3.8, 4) is 0 Å². The summed E-state index contributed by atoms with van der Waals surface area (Å²) in [6.07, 6.45) is 2.02. The quantitative estimate of drug-likeness (QED) is 0.755. The predicted octanol–water partition coefficient (Wildman–Crippen LogP) is 3.91. The van der Waals surface area contributed by atoms with E-state index in [1.165, 1.54) is 9.88 Å². The van der Waals surface area contributed by atoms with E-state index in [-0.39, 0.29) is 0 Å². The van der Waals surface area contributed by atoms with Crippen molar-refractivity contribution in [2.24, 2.45) is 0 Å². The van der Waals surface area contributed by atoms with Gasteiger partial charge >= 0.3 is 0 Å². The summed E-state index contributed by atoms with van der Waals surface area (Å²) in [6.45, 7) is 8.88. The second-order valence-electron chi connectivity index (χ2n) is 3.67. The fourth-order valence-electron chi connectivity index (χ4n) is 0.896. The fourth-order valence-corrected chi connectivity index (χ4v) is 2.60. The van der Waals surface area contributed by atoms with Crippen LogP contribution in [0.1, 0.15) is 43.5 Å². The summed E-state index contributed by atoms with van der Waals surface area (Å²) in [5.74, 6) is 1.69. The molecule has 0 saturated heterocycles. The summed E-state index contributed by atoms with van der Waals surface area (Å²) < 4.78 is 0. The van der Waals surface area contributed by atoms with Crippen molar-refractivity contribution in [3.63, 3.8) is 0 Å². The van der Waals surface area contributed by atoms with Gasteiger partial charge in [-0.3, -0.25) is 0 Å². The molecule has 1 aromatic heterocycles. The average Bonchev–Trinajstić information content (AvgIpc) is 2.48. The Hall–Kier alpha value is -0.0200. The van der Waals surface area contributed by atoms with Crippen LogP contribution in [-0.4, -0.2) is 10.2 Å². The van der Waals surface area contributed by atoms with Crippen LogP contribution in [0.5, 0.6) is 0 Å². The summed E-state index contributed by atoms with van der Waals surface area (Å²) >= 11 is 3.81. The largest absolute Gasteiger partial charge is 0.249 e. The van der Waals surface area contributed by atoms with E-state index < -0.39 is 0 Å². The normalized spacial score (nSPS) is 11.5. The highest BCUT2D eigenvalue weighted by molar-refractivity contribution is 7.99. The van der Waals surface area contributed by atoms with Gasteiger partial charge in [-0.15, -0.1) is 11.3 Å². The van der Waals surface area contributed by atoms with Gasteiger partial charge in [-0.2, -0.15) is 11.8 Å². The minimum atomic E-state index is 0.621. The fraction of sp³-hybridized carbons (Fsp3) is 0.700. The van der Waals surface area contributed by atoms with Gasteiger partial charge in [0.25, 0.3) is 0 Å². The van der Waals surface area contributed by atoms with Crippen LogP contribution in [0.3, 0.4) is 0 Å². The Morgan fingerprint density at radius 3 is 2.54 bits per heavy atom. The van der Waals surface area contributed by atoms with Crippen molar-refractivity contribution in [2.75, 3.05) is 0 Å². The van der Waals surface area contributed by atoms with Crippen molar-refractivity contribution in [1.29, 1.82) is 0 Å². The average molecular weight is 215 g/mol. The molecule has 0 unspecified atom stereocenters. The van der Waals surface area contributed by atoms with Gasteiger partial charge in [-0.1, -0.05) is 27.7 Å². The summed E-state index contributed by atoms with van der Waals surface area (Å²) in [4.78, 5) is 5.81. The van der Waals surface area contributed by atoms with E-state index in [2.05, 4.69) is 32.7 Å². The van der Waals surface area contributed by atoms with E-state index in [1.54, 1.807) is 0 Å². The molecule has 0 aliphatic carbocycles. The van der Waals surface area contributed by atoms with Gasteiger partial charge in [0.05, 0.1) is 0 Å². The lowest BCUT2D eigenvalue weighted by atomic mass is 10.2. The van der Waals surface area contributed by atoms with Crippen LogP contribution in [0, 0.1) is 0 Å². The zero-order valence-corrected chi connectivity index (χ0v) is 10.3. The Labute approximate surface area is 89.0 Å². The molecule has 1 nitrogen and oxygen atoms in total.